The Balaban J connectivity index is 1.90. The summed E-state index contributed by atoms with van der Waals surface area (Å²) in [5.74, 6) is -0.559. The van der Waals surface area contributed by atoms with Crippen LogP contribution in [0.25, 0.3) is 10.9 Å². The molecule has 1 aliphatic rings. The second kappa shape index (κ2) is 5.61. The average Bonchev–Trinajstić information content (AvgIpc) is 2.48. The Morgan fingerprint density at radius 2 is 2.00 bits per heavy atom. The minimum atomic E-state index is -0.631. The number of hydrogen-bond donors (Lipinski definition) is 1. The van der Waals surface area contributed by atoms with E-state index >= 15 is 0 Å². The first-order valence-corrected chi connectivity index (χ1v) is 7.31. The highest BCUT2D eigenvalue weighted by molar-refractivity contribution is 5.82. The number of benzene rings is 1. The zero-order valence-corrected chi connectivity index (χ0v) is 11.5. The number of pyridine rings is 1. The molecular weight excluding hydrogens is 250 g/mol. The number of fused-ring (bicyclic) bond motifs is 1. The van der Waals surface area contributed by atoms with Crippen LogP contribution in [0, 0.1) is 11.8 Å². The number of para-hydroxylation sites is 1. The number of aliphatic carboxylic acids is 1. The molecule has 1 heterocycles. The number of aromatic nitrogens is 1. The molecule has 0 aliphatic heterocycles. The topological polar surface area (TPSA) is 50.2 Å². The van der Waals surface area contributed by atoms with Crippen LogP contribution >= 0.6 is 0 Å². The summed E-state index contributed by atoms with van der Waals surface area (Å²) in [7, 11) is 0. The molecule has 0 spiro atoms. The third kappa shape index (κ3) is 2.53. The fourth-order valence-electron chi connectivity index (χ4n) is 3.39. The Hall–Kier alpha value is -1.90. The van der Waals surface area contributed by atoms with Crippen LogP contribution in [0.15, 0.2) is 36.5 Å². The van der Waals surface area contributed by atoms with Gasteiger partial charge in [0.15, 0.2) is 0 Å². The molecule has 1 aromatic heterocycles. The van der Waals surface area contributed by atoms with E-state index in [1.165, 1.54) is 5.56 Å². The quantitative estimate of drug-likeness (QED) is 0.925. The lowest BCUT2D eigenvalue weighted by Crippen LogP contribution is -2.28. The van der Waals surface area contributed by atoms with Crippen molar-refractivity contribution in [3.8, 4) is 0 Å². The van der Waals surface area contributed by atoms with Crippen molar-refractivity contribution in [1.82, 2.24) is 4.98 Å². The lowest BCUT2D eigenvalue weighted by atomic mass is 9.76. The Morgan fingerprint density at radius 1 is 1.20 bits per heavy atom. The third-order valence-corrected chi connectivity index (χ3v) is 4.45. The molecule has 1 aliphatic carbocycles. The van der Waals surface area contributed by atoms with E-state index in [1.54, 1.807) is 0 Å². The minimum absolute atomic E-state index is 0.185. The second-order valence-corrected chi connectivity index (χ2v) is 5.68. The fraction of sp³-hybridized carbons (Fsp3) is 0.412. The van der Waals surface area contributed by atoms with Crippen LogP contribution in [-0.2, 0) is 11.2 Å². The number of nitrogens with zero attached hydrogens (tertiary/aromatic N) is 1. The van der Waals surface area contributed by atoms with Gasteiger partial charge in [-0.05, 0) is 42.9 Å². The Kier molecular flexibility index (Phi) is 3.68. The van der Waals surface area contributed by atoms with E-state index < -0.39 is 5.97 Å². The molecule has 0 saturated heterocycles. The van der Waals surface area contributed by atoms with Crippen LogP contribution in [-0.4, -0.2) is 16.1 Å². The molecule has 1 N–H and O–H groups in total. The molecule has 104 valence electrons. The van der Waals surface area contributed by atoms with Crippen molar-refractivity contribution in [1.29, 1.82) is 0 Å². The van der Waals surface area contributed by atoms with E-state index in [1.807, 2.05) is 30.5 Å². The monoisotopic (exact) mass is 269 g/mol. The molecular formula is C17H19NO2. The van der Waals surface area contributed by atoms with Gasteiger partial charge in [0.1, 0.15) is 0 Å². The molecule has 3 nitrogen and oxygen atoms in total. The Labute approximate surface area is 118 Å². The molecule has 1 saturated carbocycles. The van der Waals surface area contributed by atoms with Crippen LogP contribution in [0.5, 0.6) is 0 Å². The lowest BCUT2D eigenvalue weighted by Gasteiger charge is -2.28. The Morgan fingerprint density at radius 3 is 2.85 bits per heavy atom. The lowest BCUT2D eigenvalue weighted by molar-refractivity contribution is -0.144. The van der Waals surface area contributed by atoms with Crippen molar-refractivity contribution in [2.24, 2.45) is 11.8 Å². The first kappa shape index (κ1) is 13.1. The number of carbonyl (C=O) groups is 1. The van der Waals surface area contributed by atoms with Gasteiger partial charge in [0, 0.05) is 11.6 Å². The molecule has 2 aromatic rings. The maximum atomic E-state index is 11.4. The van der Waals surface area contributed by atoms with Crippen molar-refractivity contribution in [3.05, 3.63) is 42.1 Å². The third-order valence-electron chi connectivity index (χ3n) is 4.45. The zero-order valence-electron chi connectivity index (χ0n) is 11.5. The van der Waals surface area contributed by atoms with Gasteiger partial charge in [0.05, 0.1) is 11.4 Å². The minimum Gasteiger partial charge on any atom is -0.481 e. The molecule has 1 aromatic carbocycles. The summed E-state index contributed by atoms with van der Waals surface area (Å²) in [5, 5.41) is 10.5. The van der Waals surface area contributed by atoms with Crippen LogP contribution in [0.2, 0.25) is 0 Å². The highest BCUT2D eigenvalue weighted by Gasteiger charge is 2.30. The van der Waals surface area contributed by atoms with Crippen LogP contribution < -0.4 is 0 Å². The first-order chi connectivity index (χ1) is 9.75. The van der Waals surface area contributed by atoms with E-state index in [4.69, 9.17) is 0 Å². The fourth-order valence-corrected chi connectivity index (χ4v) is 3.39. The van der Waals surface area contributed by atoms with E-state index in [0.717, 1.165) is 43.0 Å². The Bertz CT molecular complexity index is 618. The van der Waals surface area contributed by atoms with Crippen molar-refractivity contribution in [3.63, 3.8) is 0 Å². The molecule has 20 heavy (non-hydrogen) atoms. The highest BCUT2D eigenvalue weighted by atomic mass is 16.4. The number of carboxylic acid groups (broad SMARTS) is 1. The predicted molar refractivity (Wildman–Crippen MR) is 78.5 cm³/mol. The molecule has 2 unspecified atom stereocenters. The normalized spacial score (nSPS) is 22.8. The van der Waals surface area contributed by atoms with Gasteiger partial charge in [-0.1, -0.05) is 31.0 Å². The van der Waals surface area contributed by atoms with Gasteiger partial charge in [-0.15, -0.1) is 0 Å². The van der Waals surface area contributed by atoms with E-state index in [0.29, 0.717) is 0 Å². The maximum absolute atomic E-state index is 11.4. The van der Waals surface area contributed by atoms with E-state index in [9.17, 15) is 9.90 Å². The predicted octanol–water partition coefficient (Wildman–Crippen LogP) is 3.67. The molecule has 0 bridgehead atoms. The first-order valence-electron chi connectivity index (χ1n) is 7.31. The van der Waals surface area contributed by atoms with Crippen molar-refractivity contribution in [2.75, 3.05) is 0 Å². The number of carboxylic acids is 1. The van der Waals surface area contributed by atoms with Crippen LogP contribution in [0.1, 0.15) is 31.2 Å². The molecule has 0 radical (unpaired) electrons. The maximum Gasteiger partial charge on any atom is 0.306 e. The van der Waals surface area contributed by atoms with Gasteiger partial charge in [0.2, 0.25) is 0 Å². The molecule has 2 atom stereocenters. The summed E-state index contributed by atoms with van der Waals surface area (Å²) < 4.78 is 0. The zero-order chi connectivity index (χ0) is 13.9. The van der Waals surface area contributed by atoms with E-state index in [2.05, 4.69) is 11.1 Å². The van der Waals surface area contributed by atoms with Gasteiger partial charge in [-0.25, -0.2) is 0 Å². The van der Waals surface area contributed by atoms with Crippen LogP contribution in [0.3, 0.4) is 0 Å². The largest absolute Gasteiger partial charge is 0.481 e. The second-order valence-electron chi connectivity index (χ2n) is 5.68. The smallest absolute Gasteiger partial charge is 0.306 e. The summed E-state index contributed by atoms with van der Waals surface area (Å²) in [4.78, 5) is 15.8. The number of rotatable bonds is 3. The molecule has 3 heteroatoms. The molecule has 0 amide bonds. The molecule has 1 fully saturated rings. The SMILES string of the molecule is O=C(O)C1CCCCC1Cc1ccnc2ccccc12. The van der Waals surface area contributed by atoms with Gasteiger partial charge in [0.25, 0.3) is 0 Å². The number of hydrogen-bond acceptors (Lipinski definition) is 2. The summed E-state index contributed by atoms with van der Waals surface area (Å²) in [5.41, 5.74) is 2.22. The van der Waals surface area contributed by atoms with Gasteiger partial charge >= 0.3 is 5.97 Å². The highest BCUT2D eigenvalue weighted by Crippen LogP contribution is 2.34. The average molecular weight is 269 g/mol. The van der Waals surface area contributed by atoms with Crippen LogP contribution in [0.4, 0.5) is 0 Å². The van der Waals surface area contributed by atoms with Crippen molar-refractivity contribution >= 4 is 16.9 Å². The summed E-state index contributed by atoms with van der Waals surface area (Å²) in [6, 6.07) is 10.1. The van der Waals surface area contributed by atoms with Crippen molar-refractivity contribution in [2.45, 2.75) is 32.1 Å². The summed E-state index contributed by atoms with van der Waals surface area (Å²) in [6.45, 7) is 0. The molecule has 3 rings (SSSR count). The summed E-state index contributed by atoms with van der Waals surface area (Å²) in [6.07, 6.45) is 6.72. The van der Waals surface area contributed by atoms with E-state index in [-0.39, 0.29) is 11.8 Å². The standard InChI is InChI=1S/C17H19NO2/c19-17(20)15-7-2-1-5-12(15)11-13-9-10-18-16-8-4-3-6-14(13)16/h3-4,6,8-10,12,15H,1-2,5,7,11H2,(H,19,20). The van der Waals surface area contributed by atoms with Crippen molar-refractivity contribution < 1.29 is 9.90 Å². The van der Waals surface area contributed by atoms with Gasteiger partial charge in [-0.2, -0.15) is 0 Å². The summed E-state index contributed by atoms with van der Waals surface area (Å²) >= 11 is 0. The van der Waals surface area contributed by atoms with Gasteiger partial charge < -0.3 is 5.11 Å². The van der Waals surface area contributed by atoms with Gasteiger partial charge in [-0.3, -0.25) is 9.78 Å².